The number of hydrogen-bond donors (Lipinski definition) is 1. The molecule has 1 heterocycles. The fourth-order valence-electron chi connectivity index (χ4n) is 2.46. The van der Waals surface area contributed by atoms with Gasteiger partial charge in [0.05, 0.1) is 0 Å². The molecular formula is C14H23NS. The highest BCUT2D eigenvalue weighted by atomic mass is 32.1. The summed E-state index contributed by atoms with van der Waals surface area (Å²) in [6.45, 7) is 5.94. The molecule has 0 atom stereocenters. The molecule has 16 heavy (non-hydrogen) atoms. The largest absolute Gasteiger partial charge is 0.314 e. The van der Waals surface area contributed by atoms with Gasteiger partial charge >= 0.3 is 0 Å². The molecular weight excluding hydrogens is 214 g/mol. The van der Waals surface area contributed by atoms with Crippen molar-refractivity contribution in [3.8, 4) is 0 Å². The molecule has 0 amide bonds. The lowest BCUT2D eigenvalue weighted by molar-refractivity contribution is 0.207. The van der Waals surface area contributed by atoms with Crippen molar-refractivity contribution in [3.05, 3.63) is 22.4 Å². The molecule has 0 saturated heterocycles. The Bertz CT molecular complexity index is 293. The van der Waals surface area contributed by atoms with E-state index in [4.69, 9.17) is 0 Å². The first-order chi connectivity index (χ1) is 7.66. The van der Waals surface area contributed by atoms with Crippen molar-refractivity contribution >= 4 is 11.3 Å². The molecule has 1 N–H and O–H groups in total. The molecule has 0 bridgehead atoms. The predicted octanol–water partition coefficient (Wildman–Crippen LogP) is 3.85. The van der Waals surface area contributed by atoms with Crippen LogP contribution in [0.3, 0.4) is 0 Å². The maximum absolute atomic E-state index is 3.70. The maximum Gasteiger partial charge on any atom is 0.00675 e. The fraction of sp³-hybridized carbons (Fsp3) is 0.714. The third-order valence-electron chi connectivity index (χ3n) is 3.72. The smallest absolute Gasteiger partial charge is 0.00675 e. The van der Waals surface area contributed by atoms with Gasteiger partial charge in [0.1, 0.15) is 0 Å². The highest BCUT2D eigenvalue weighted by molar-refractivity contribution is 7.09. The summed E-state index contributed by atoms with van der Waals surface area (Å²) in [5.74, 6) is 0. The lowest BCUT2D eigenvalue weighted by Crippen LogP contribution is -2.36. The Morgan fingerprint density at radius 1 is 1.38 bits per heavy atom. The van der Waals surface area contributed by atoms with Crippen molar-refractivity contribution in [2.24, 2.45) is 5.41 Å². The van der Waals surface area contributed by atoms with Crippen LogP contribution in [0.1, 0.15) is 44.4 Å². The first-order valence-electron chi connectivity index (χ1n) is 6.41. The molecule has 1 aromatic rings. The van der Waals surface area contributed by atoms with Crippen LogP contribution in [0.2, 0.25) is 0 Å². The van der Waals surface area contributed by atoms with Gasteiger partial charge in [0.2, 0.25) is 0 Å². The van der Waals surface area contributed by atoms with Gasteiger partial charge in [0, 0.05) is 17.5 Å². The minimum absolute atomic E-state index is 0.589. The molecule has 0 radical (unpaired) electrons. The first kappa shape index (κ1) is 12.1. The van der Waals surface area contributed by atoms with Gasteiger partial charge in [-0.15, -0.1) is 11.3 Å². The summed E-state index contributed by atoms with van der Waals surface area (Å²) in [6.07, 6.45) is 6.67. The van der Waals surface area contributed by atoms with Crippen molar-refractivity contribution in [1.29, 1.82) is 0 Å². The molecule has 1 nitrogen and oxygen atoms in total. The Kier molecular flexibility index (Phi) is 4.04. The van der Waals surface area contributed by atoms with Crippen LogP contribution in [0, 0.1) is 5.41 Å². The van der Waals surface area contributed by atoms with Gasteiger partial charge in [-0.3, -0.25) is 0 Å². The van der Waals surface area contributed by atoms with E-state index < -0.39 is 0 Å². The van der Waals surface area contributed by atoms with E-state index in [2.05, 4.69) is 36.7 Å². The summed E-state index contributed by atoms with van der Waals surface area (Å²) < 4.78 is 0. The number of nitrogens with one attached hydrogen (secondary N) is 1. The molecule has 1 aromatic heterocycles. The van der Waals surface area contributed by atoms with Crippen LogP contribution in [-0.4, -0.2) is 12.6 Å². The van der Waals surface area contributed by atoms with Gasteiger partial charge in [-0.25, -0.2) is 0 Å². The predicted molar refractivity (Wildman–Crippen MR) is 72.1 cm³/mol. The monoisotopic (exact) mass is 237 g/mol. The molecule has 2 rings (SSSR count). The molecule has 1 saturated carbocycles. The zero-order valence-corrected chi connectivity index (χ0v) is 11.3. The van der Waals surface area contributed by atoms with E-state index in [1.54, 1.807) is 0 Å². The van der Waals surface area contributed by atoms with E-state index >= 15 is 0 Å². The first-order valence-corrected chi connectivity index (χ1v) is 7.29. The van der Waals surface area contributed by atoms with E-state index in [0.29, 0.717) is 5.41 Å². The van der Waals surface area contributed by atoms with Crippen LogP contribution >= 0.6 is 11.3 Å². The van der Waals surface area contributed by atoms with Crippen molar-refractivity contribution < 1.29 is 0 Å². The van der Waals surface area contributed by atoms with Crippen LogP contribution in [0.4, 0.5) is 0 Å². The molecule has 90 valence electrons. The van der Waals surface area contributed by atoms with Crippen molar-refractivity contribution in [3.63, 3.8) is 0 Å². The van der Waals surface area contributed by atoms with Gasteiger partial charge in [-0.1, -0.05) is 19.9 Å². The minimum Gasteiger partial charge on any atom is -0.314 e. The zero-order valence-electron chi connectivity index (χ0n) is 10.5. The topological polar surface area (TPSA) is 12.0 Å². The van der Waals surface area contributed by atoms with E-state index in [1.807, 2.05) is 11.3 Å². The van der Waals surface area contributed by atoms with E-state index in [-0.39, 0.29) is 0 Å². The zero-order chi connectivity index (χ0) is 11.4. The average Bonchev–Trinajstić information content (AvgIpc) is 2.73. The second kappa shape index (κ2) is 5.33. The summed E-state index contributed by atoms with van der Waals surface area (Å²) in [7, 11) is 0. The normalized spacial score (nSPS) is 21.1. The standard InChI is InChI=1S/C14H23NS/c1-14(2)8-5-12(6-9-14)15-10-7-13-4-3-11-16-13/h3-4,11-12,15H,5-10H2,1-2H3. The molecule has 1 fully saturated rings. The Morgan fingerprint density at radius 3 is 2.75 bits per heavy atom. The lowest BCUT2D eigenvalue weighted by Gasteiger charge is -2.34. The number of rotatable bonds is 4. The van der Waals surface area contributed by atoms with Crippen molar-refractivity contribution in [2.45, 2.75) is 52.0 Å². The van der Waals surface area contributed by atoms with Crippen LogP contribution in [0.5, 0.6) is 0 Å². The lowest BCUT2D eigenvalue weighted by atomic mass is 9.75. The van der Waals surface area contributed by atoms with Crippen molar-refractivity contribution in [1.82, 2.24) is 5.32 Å². The molecule has 0 aromatic carbocycles. The van der Waals surface area contributed by atoms with E-state index in [9.17, 15) is 0 Å². The van der Waals surface area contributed by atoms with Crippen LogP contribution in [0.25, 0.3) is 0 Å². The van der Waals surface area contributed by atoms with Gasteiger partial charge < -0.3 is 5.32 Å². The summed E-state index contributed by atoms with van der Waals surface area (Å²) in [5.41, 5.74) is 0.589. The second-order valence-electron chi connectivity index (χ2n) is 5.72. The fourth-order valence-corrected chi connectivity index (χ4v) is 3.17. The van der Waals surface area contributed by atoms with Crippen molar-refractivity contribution in [2.75, 3.05) is 6.54 Å². The van der Waals surface area contributed by atoms with Gasteiger partial charge in [0.15, 0.2) is 0 Å². The van der Waals surface area contributed by atoms with Gasteiger partial charge in [0.25, 0.3) is 0 Å². The Labute approximate surface area is 103 Å². The second-order valence-corrected chi connectivity index (χ2v) is 6.75. The molecule has 0 aliphatic heterocycles. The molecule has 1 aliphatic carbocycles. The van der Waals surface area contributed by atoms with E-state index in [1.165, 1.54) is 37.0 Å². The molecule has 1 aliphatic rings. The Morgan fingerprint density at radius 2 is 2.12 bits per heavy atom. The highest BCUT2D eigenvalue weighted by Gasteiger charge is 2.26. The molecule has 2 heteroatoms. The van der Waals surface area contributed by atoms with Crippen LogP contribution < -0.4 is 5.32 Å². The van der Waals surface area contributed by atoms with Crippen LogP contribution in [0.15, 0.2) is 17.5 Å². The highest BCUT2D eigenvalue weighted by Crippen LogP contribution is 2.34. The number of hydrogen-bond acceptors (Lipinski definition) is 2. The summed E-state index contributed by atoms with van der Waals surface area (Å²) in [5, 5.41) is 5.87. The number of thiophene rings is 1. The Hall–Kier alpha value is -0.340. The minimum atomic E-state index is 0.589. The Balaban J connectivity index is 1.64. The quantitative estimate of drug-likeness (QED) is 0.839. The average molecular weight is 237 g/mol. The molecule has 0 unspecified atom stereocenters. The summed E-state index contributed by atoms with van der Waals surface area (Å²) in [4.78, 5) is 1.50. The SMILES string of the molecule is CC1(C)CCC(NCCc2cccs2)CC1. The molecule has 0 spiro atoms. The summed E-state index contributed by atoms with van der Waals surface area (Å²) >= 11 is 1.87. The van der Waals surface area contributed by atoms with E-state index in [0.717, 1.165) is 12.6 Å². The summed E-state index contributed by atoms with van der Waals surface area (Å²) in [6, 6.07) is 5.15. The maximum atomic E-state index is 3.70. The van der Waals surface area contributed by atoms with Gasteiger partial charge in [-0.05, 0) is 49.0 Å². The third-order valence-corrected chi connectivity index (χ3v) is 4.66. The van der Waals surface area contributed by atoms with Crippen LogP contribution in [-0.2, 0) is 6.42 Å². The van der Waals surface area contributed by atoms with Gasteiger partial charge in [-0.2, -0.15) is 0 Å². The third kappa shape index (κ3) is 3.60.